The molecule has 0 aliphatic heterocycles. The minimum Gasteiger partial charge on any atom is -0.470 e. The number of carbonyl (C=O) groups is 1. The van der Waals surface area contributed by atoms with Crippen LogP contribution in [0.1, 0.15) is 81.6 Å². The van der Waals surface area contributed by atoms with Crippen LogP contribution in [0, 0.1) is 17.4 Å². The van der Waals surface area contributed by atoms with Crippen molar-refractivity contribution < 1.29 is 35.7 Å². The van der Waals surface area contributed by atoms with Gasteiger partial charge < -0.3 is 20.0 Å². The van der Waals surface area contributed by atoms with Crippen LogP contribution in [0.5, 0.6) is 0 Å². The summed E-state index contributed by atoms with van der Waals surface area (Å²) in [6.07, 6.45) is 3.62. The van der Waals surface area contributed by atoms with Crippen molar-refractivity contribution in [3.63, 3.8) is 0 Å². The zero-order chi connectivity index (χ0) is 19.6. The zero-order valence-electron chi connectivity index (χ0n) is 18.2. The predicted octanol–water partition coefficient (Wildman–Crippen LogP) is 4.36. The number of hydrogen-bond donors (Lipinski definition) is 2. The van der Waals surface area contributed by atoms with E-state index in [-0.39, 0.29) is 38.0 Å². The summed E-state index contributed by atoms with van der Waals surface area (Å²) in [7, 11) is 1.97. The fourth-order valence-electron chi connectivity index (χ4n) is 2.65. The van der Waals surface area contributed by atoms with E-state index in [1.807, 2.05) is 34.7 Å². The molecule has 5 heteroatoms. The molecule has 0 aliphatic rings. The van der Waals surface area contributed by atoms with E-state index in [2.05, 4.69) is 39.9 Å². The molecule has 0 amide bonds. The Kier molecular flexibility index (Phi) is 16.1. The van der Waals surface area contributed by atoms with Crippen molar-refractivity contribution in [2.24, 2.45) is 11.3 Å². The number of aliphatic hydroxyl groups is 1. The van der Waals surface area contributed by atoms with Crippen LogP contribution in [0.4, 0.5) is 0 Å². The molecule has 0 spiro atoms. The van der Waals surface area contributed by atoms with Gasteiger partial charge in [-0.25, -0.2) is 0 Å². The number of aldehydes is 1. The minimum absolute atomic E-state index is 0. The third-order valence-corrected chi connectivity index (χ3v) is 3.55. The van der Waals surface area contributed by atoms with Crippen molar-refractivity contribution in [1.82, 2.24) is 5.32 Å². The normalized spacial score (nSPS) is 12.5. The molecule has 0 saturated heterocycles. The Morgan fingerprint density at radius 2 is 1.60 bits per heavy atom. The van der Waals surface area contributed by atoms with Gasteiger partial charge in [-0.15, -0.1) is 0 Å². The van der Waals surface area contributed by atoms with Gasteiger partial charge in [0.05, 0.1) is 17.8 Å². The van der Waals surface area contributed by atoms with E-state index in [1.54, 1.807) is 0 Å². The molecule has 0 atom stereocenters. The van der Waals surface area contributed by atoms with Gasteiger partial charge in [0, 0.05) is 27.0 Å². The third-order valence-electron chi connectivity index (χ3n) is 3.55. The molecule has 0 heterocycles. The summed E-state index contributed by atoms with van der Waals surface area (Å²) in [6.45, 7) is 18.9. The molecule has 0 bridgehead atoms. The van der Waals surface area contributed by atoms with Crippen molar-refractivity contribution in [1.29, 1.82) is 0 Å². The molecule has 0 saturated carbocycles. The van der Waals surface area contributed by atoms with E-state index in [0.717, 1.165) is 19.1 Å². The summed E-state index contributed by atoms with van der Waals surface area (Å²) in [5, 5.41) is 12.9. The van der Waals surface area contributed by atoms with Gasteiger partial charge in [0.25, 0.3) is 0 Å². The smallest absolute Gasteiger partial charge is 0.122 e. The molecule has 0 unspecified atom stereocenters. The van der Waals surface area contributed by atoms with Gasteiger partial charge in [0.2, 0.25) is 0 Å². The summed E-state index contributed by atoms with van der Waals surface area (Å²) in [4.78, 5) is 9.50. The van der Waals surface area contributed by atoms with Gasteiger partial charge >= 0.3 is 0 Å². The molecule has 0 fully saturated rings. The molecular weight excluding hydrogens is 486 g/mol. The van der Waals surface area contributed by atoms with Crippen LogP contribution in [0.15, 0.2) is 0 Å². The van der Waals surface area contributed by atoms with Crippen LogP contribution in [0.25, 0.3) is 0 Å². The Morgan fingerprint density at radius 3 is 1.92 bits per heavy atom. The fraction of sp³-hybridized carbons (Fsp3) is 0.900. The van der Waals surface area contributed by atoms with E-state index in [9.17, 15) is 9.90 Å². The summed E-state index contributed by atoms with van der Waals surface area (Å²) in [6, 6.07) is 1.30. The Hall–Kier alpha value is 0.238. The number of rotatable bonds is 10. The second-order valence-corrected chi connectivity index (χ2v) is 9.10. The maximum absolute atomic E-state index is 9.71. The van der Waals surface area contributed by atoms with Gasteiger partial charge in [-0.3, -0.25) is 6.04 Å². The van der Waals surface area contributed by atoms with Crippen LogP contribution in [-0.4, -0.2) is 36.2 Å². The Balaban J connectivity index is -0.000000704. The van der Waals surface area contributed by atoms with Gasteiger partial charge in [0.1, 0.15) is 6.29 Å². The van der Waals surface area contributed by atoms with E-state index in [4.69, 9.17) is 4.74 Å². The van der Waals surface area contributed by atoms with Gasteiger partial charge in [-0.1, -0.05) is 33.1 Å². The first kappa shape index (κ1) is 30.0. The Labute approximate surface area is 171 Å². The number of nitrogens with one attached hydrogen (secondary N) is 1. The average molecular weight is 528 g/mol. The summed E-state index contributed by atoms with van der Waals surface area (Å²) in [5.41, 5.74) is -0.615. The molecule has 2 N–H and O–H groups in total. The number of hydrogen-bond acceptors (Lipinski definition) is 4. The molecule has 0 aromatic rings. The first-order valence-electron chi connectivity index (χ1n) is 8.96. The molecule has 0 aliphatic carbocycles. The van der Waals surface area contributed by atoms with E-state index < -0.39 is 5.60 Å². The molecule has 0 rings (SSSR count). The van der Waals surface area contributed by atoms with Crippen molar-refractivity contribution >= 4 is 6.29 Å². The maximum atomic E-state index is 9.71. The second kappa shape index (κ2) is 13.4. The summed E-state index contributed by atoms with van der Waals surface area (Å²) in [5.74, 6) is 0.204. The molecule has 0 radical (unpaired) electrons. The molecule has 25 heavy (non-hydrogen) atoms. The molecule has 0 aromatic carbocycles. The standard InChI is InChI=1S/C16H34NO2.C4H8O.W/c1-13(17-8)11-14(2,3)12-16(6,7)19-10-9-15(4,5)18;1-4(2)3-5;/h17-18H,9-12H2,1-8H3;3-4H,1-2H3;/q-1;;. The third kappa shape index (κ3) is 22.2. The topological polar surface area (TPSA) is 58.6 Å². The molecular formula is C20H42NO3W-. The fourth-order valence-corrected chi connectivity index (χ4v) is 2.65. The average Bonchev–Trinajstić information content (AvgIpc) is 2.35. The Morgan fingerprint density at radius 1 is 1.16 bits per heavy atom. The minimum atomic E-state index is -0.651. The zero-order valence-corrected chi connectivity index (χ0v) is 21.1. The van der Waals surface area contributed by atoms with Crippen LogP contribution in [0.2, 0.25) is 0 Å². The quantitative estimate of drug-likeness (QED) is 0.327. The number of ether oxygens (including phenoxy) is 1. The second-order valence-electron chi connectivity index (χ2n) is 9.10. The largest absolute Gasteiger partial charge is 0.470 e. The SMILES string of the molecule is CC(C)C=O.CN[C-](C)CC(C)(C)CC(C)(C)OCCC(C)(C)O.[W]. The monoisotopic (exact) mass is 528 g/mol. The number of carbonyl (C=O) groups excluding carboxylic acids is 1. The van der Waals surface area contributed by atoms with Crippen LogP contribution < -0.4 is 5.32 Å². The molecule has 4 nitrogen and oxygen atoms in total. The van der Waals surface area contributed by atoms with Crippen molar-refractivity contribution in [3.8, 4) is 0 Å². The van der Waals surface area contributed by atoms with Crippen molar-refractivity contribution in [2.45, 2.75) is 92.8 Å². The van der Waals surface area contributed by atoms with Crippen LogP contribution in [0.3, 0.4) is 0 Å². The predicted molar refractivity (Wildman–Crippen MR) is 103 cm³/mol. The Bertz CT molecular complexity index is 336. The maximum Gasteiger partial charge on any atom is 0.122 e. The first-order valence-corrected chi connectivity index (χ1v) is 8.96. The first-order chi connectivity index (χ1) is 10.6. The molecule has 0 aromatic heterocycles. The molecule has 152 valence electrons. The van der Waals surface area contributed by atoms with Crippen molar-refractivity contribution in [3.05, 3.63) is 6.04 Å². The summed E-state index contributed by atoms with van der Waals surface area (Å²) < 4.78 is 5.97. The van der Waals surface area contributed by atoms with Gasteiger partial charge in [-0.05, 0) is 47.6 Å². The van der Waals surface area contributed by atoms with E-state index >= 15 is 0 Å². The van der Waals surface area contributed by atoms with Gasteiger partial charge in [0.15, 0.2) is 0 Å². The van der Waals surface area contributed by atoms with E-state index in [0.29, 0.717) is 13.0 Å². The van der Waals surface area contributed by atoms with Gasteiger partial charge in [-0.2, -0.15) is 13.3 Å². The van der Waals surface area contributed by atoms with Crippen LogP contribution in [-0.2, 0) is 30.6 Å². The van der Waals surface area contributed by atoms with E-state index in [1.165, 1.54) is 6.04 Å². The van der Waals surface area contributed by atoms with Crippen molar-refractivity contribution in [2.75, 3.05) is 13.7 Å². The van der Waals surface area contributed by atoms with Crippen LogP contribution >= 0.6 is 0 Å². The summed E-state index contributed by atoms with van der Waals surface area (Å²) >= 11 is 0.